The van der Waals surface area contributed by atoms with E-state index in [9.17, 15) is 0 Å². The summed E-state index contributed by atoms with van der Waals surface area (Å²) in [7, 11) is 3.72. The summed E-state index contributed by atoms with van der Waals surface area (Å²) in [6.45, 7) is 9.49. The molecular weight excluding hydrogens is 278 g/mol. The topological polar surface area (TPSA) is 63.5 Å². The minimum Gasteiger partial charge on any atom is -0.385 e. The number of rotatable bonds is 9. The highest BCUT2D eigenvalue weighted by Gasteiger charge is 2.08. The van der Waals surface area contributed by atoms with Crippen molar-refractivity contribution in [3.63, 3.8) is 0 Å². The number of methoxy groups -OCH3 is 1. The molecule has 0 atom stereocenters. The molecule has 0 aromatic carbocycles. The highest BCUT2D eigenvalue weighted by Crippen LogP contribution is 2.12. The first-order valence-corrected chi connectivity index (χ1v) is 8.10. The average Bonchev–Trinajstić information content (AvgIpc) is 2.73. The molecule has 0 unspecified atom stereocenters. The predicted molar refractivity (Wildman–Crippen MR) is 91.2 cm³/mol. The van der Waals surface area contributed by atoms with Crippen molar-refractivity contribution >= 4 is 5.96 Å². The van der Waals surface area contributed by atoms with Crippen LogP contribution in [0.25, 0.3) is 0 Å². The van der Waals surface area contributed by atoms with E-state index in [1.165, 1.54) is 17.7 Å². The van der Waals surface area contributed by atoms with Crippen LogP contribution in [0.5, 0.6) is 0 Å². The molecule has 126 valence electrons. The van der Waals surface area contributed by atoms with E-state index in [0.717, 1.165) is 44.2 Å². The van der Waals surface area contributed by atoms with Gasteiger partial charge >= 0.3 is 0 Å². The third-order valence-electron chi connectivity index (χ3n) is 3.72. The van der Waals surface area contributed by atoms with Gasteiger partial charge in [0.15, 0.2) is 5.96 Å². The van der Waals surface area contributed by atoms with E-state index < -0.39 is 0 Å². The van der Waals surface area contributed by atoms with E-state index in [1.807, 2.05) is 18.7 Å². The van der Waals surface area contributed by atoms with Gasteiger partial charge in [-0.3, -0.25) is 4.68 Å². The summed E-state index contributed by atoms with van der Waals surface area (Å²) in [5.41, 5.74) is 3.44. The van der Waals surface area contributed by atoms with Crippen molar-refractivity contribution in [2.24, 2.45) is 12.0 Å². The van der Waals surface area contributed by atoms with E-state index in [1.54, 1.807) is 7.11 Å². The minimum atomic E-state index is 0.657. The summed E-state index contributed by atoms with van der Waals surface area (Å²) in [5, 5.41) is 11.1. The zero-order valence-electron chi connectivity index (χ0n) is 14.7. The van der Waals surface area contributed by atoms with Crippen molar-refractivity contribution in [2.75, 3.05) is 26.8 Å². The monoisotopic (exact) mass is 309 g/mol. The van der Waals surface area contributed by atoms with Crippen molar-refractivity contribution in [3.05, 3.63) is 17.0 Å². The molecule has 1 aromatic rings. The number of aliphatic imine (C=N–C) groups is 1. The second kappa shape index (κ2) is 10.2. The molecule has 0 aliphatic rings. The molecule has 1 heterocycles. The van der Waals surface area contributed by atoms with Crippen molar-refractivity contribution in [3.8, 4) is 0 Å². The van der Waals surface area contributed by atoms with Gasteiger partial charge in [0.05, 0.1) is 12.2 Å². The maximum atomic E-state index is 5.06. The highest BCUT2D eigenvalue weighted by molar-refractivity contribution is 5.79. The van der Waals surface area contributed by atoms with Crippen LogP contribution in [0.15, 0.2) is 4.99 Å². The molecule has 0 saturated heterocycles. The van der Waals surface area contributed by atoms with E-state index in [4.69, 9.17) is 4.74 Å². The van der Waals surface area contributed by atoms with Crippen molar-refractivity contribution < 1.29 is 4.74 Å². The molecule has 1 rings (SSSR count). The maximum absolute atomic E-state index is 5.06. The molecule has 0 aliphatic heterocycles. The smallest absolute Gasteiger partial charge is 0.191 e. The first-order valence-electron chi connectivity index (χ1n) is 8.10. The van der Waals surface area contributed by atoms with Gasteiger partial charge in [-0.15, -0.1) is 0 Å². The van der Waals surface area contributed by atoms with Gasteiger partial charge < -0.3 is 15.4 Å². The fourth-order valence-corrected chi connectivity index (χ4v) is 2.30. The van der Waals surface area contributed by atoms with Gasteiger partial charge in [0.2, 0.25) is 0 Å². The third kappa shape index (κ3) is 6.05. The van der Waals surface area contributed by atoms with Crippen LogP contribution >= 0.6 is 0 Å². The molecule has 6 nitrogen and oxygen atoms in total. The summed E-state index contributed by atoms with van der Waals surface area (Å²) >= 11 is 0. The van der Waals surface area contributed by atoms with Crippen LogP contribution in [0.4, 0.5) is 0 Å². The standard InChI is InChI=1S/C16H31N5O/c1-6-17-16(18-10-8-7-9-11-22-5)19-12-15-13(2)20-21(4)14(15)3/h6-12H2,1-5H3,(H2,17,18,19). The van der Waals surface area contributed by atoms with Crippen molar-refractivity contribution in [1.82, 2.24) is 20.4 Å². The molecule has 0 radical (unpaired) electrons. The van der Waals surface area contributed by atoms with Crippen LogP contribution in [0.3, 0.4) is 0 Å². The molecule has 0 spiro atoms. The Labute approximate surface area is 134 Å². The number of ether oxygens (including phenoxy) is 1. The van der Waals surface area contributed by atoms with Crippen LogP contribution < -0.4 is 10.6 Å². The number of guanidine groups is 1. The Hall–Kier alpha value is -1.56. The third-order valence-corrected chi connectivity index (χ3v) is 3.72. The van der Waals surface area contributed by atoms with E-state index in [-0.39, 0.29) is 0 Å². The van der Waals surface area contributed by atoms with Crippen molar-refractivity contribution in [2.45, 2.75) is 46.6 Å². The molecule has 2 N–H and O–H groups in total. The zero-order chi connectivity index (χ0) is 16.4. The first kappa shape index (κ1) is 18.5. The molecule has 0 aliphatic carbocycles. The average molecular weight is 309 g/mol. The van der Waals surface area contributed by atoms with E-state index in [2.05, 4.69) is 34.6 Å². The molecule has 0 amide bonds. The summed E-state index contributed by atoms with van der Waals surface area (Å²) in [6, 6.07) is 0. The van der Waals surface area contributed by atoms with E-state index in [0.29, 0.717) is 6.54 Å². The number of nitrogens with zero attached hydrogens (tertiary/aromatic N) is 3. The SMILES string of the molecule is CCNC(=NCc1c(C)nn(C)c1C)NCCCCCOC. The number of hydrogen-bond acceptors (Lipinski definition) is 3. The summed E-state index contributed by atoms with van der Waals surface area (Å²) in [4.78, 5) is 4.67. The quantitative estimate of drug-likeness (QED) is 0.415. The van der Waals surface area contributed by atoms with Gasteiger partial charge in [-0.1, -0.05) is 0 Å². The van der Waals surface area contributed by atoms with Crippen molar-refractivity contribution in [1.29, 1.82) is 0 Å². The number of unbranched alkanes of at least 4 members (excludes halogenated alkanes) is 2. The molecular formula is C16H31N5O. The van der Waals surface area contributed by atoms with Gasteiger partial charge in [-0.25, -0.2) is 4.99 Å². The molecule has 6 heteroatoms. The summed E-state index contributed by atoms with van der Waals surface area (Å²) in [6.07, 6.45) is 3.40. The number of aryl methyl sites for hydroxylation is 2. The Morgan fingerprint density at radius 2 is 2.00 bits per heavy atom. The van der Waals surface area contributed by atoms with Crippen LogP contribution in [-0.2, 0) is 18.3 Å². The van der Waals surface area contributed by atoms with Gasteiger partial charge in [0.25, 0.3) is 0 Å². The lowest BCUT2D eigenvalue weighted by Crippen LogP contribution is -2.37. The van der Waals surface area contributed by atoms with Crippen LogP contribution in [0.2, 0.25) is 0 Å². The Kier molecular flexibility index (Phi) is 8.58. The Morgan fingerprint density at radius 3 is 2.59 bits per heavy atom. The normalized spacial score (nSPS) is 11.8. The van der Waals surface area contributed by atoms with Gasteiger partial charge in [-0.05, 0) is 40.0 Å². The fourth-order valence-electron chi connectivity index (χ4n) is 2.30. The Morgan fingerprint density at radius 1 is 1.23 bits per heavy atom. The maximum Gasteiger partial charge on any atom is 0.191 e. The number of nitrogens with one attached hydrogen (secondary N) is 2. The second-order valence-electron chi connectivity index (χ2n) is 5.45. The fraction of sp³-hybridized carbons (Fsp3) is 0.750. The predicted octanol–water partition coefficient (Wildman–Crippen LogP) is 1.91. The van der Waals surface area contributed by atoms with Crippen LogP contribution in [0, 0.1) is 13.8 Å². The Bertz CT molecular complexity index is 467. The summed E-state index contributed by atoms with van der Waals surface area (Å²) in [5.74, 6) is 0.872. The van der Waals surface area contributed by atoms with Crippen LogP contribution in [0.1, 0.15) is 43.1 Å². The zero-order valence-corrected chi connectivity index (χ0v) is 14.7. The van der Waals surface area contributed by atoms with Gasteiger partial charge in [0.1, 0.15) is 0 Å². The second-order valence-corrected chi connectivity index (χ2v) is 5.45. The largest absolute Gasteiger partial charge is 0.385 e. The first-order chi connectivity index (χ1) is 10.6. The minimum absolute atomic E-state index is 0.657. The molecule has 22 heavy (non-hydrogen) atoms. The molecule has 0 saturated carbocycles. The summed E-state index contributed by atoms with van der Waals surface area (Å²) < 4.78 is 6.97. The van der Waals surface area contributed by atoms with E-state index >= 15 is 0 Å². The lowest BCUT2D eigenvalue weighted by molar-refractivity contribution is 0.192. The molecule has 0 fully saturated rings. The van der Waals surface area contributed by atoms with Gasteiger partial charge in [0, 0.05) is 45.1 Å². The highest BCUT2D eigenvalue weighted by atomic mass is 16.5. The number of hydrogen-bond donors (Lipinski definition) is 2. The van der Waals surface area contributed by atoms with Gasteiger partial charge in [-0.2, -0.15) is 5.10 Å². The molecule has 1 aromatic heterocycles. The lowest BCUT2D eigenvalue weighted by Gasteiger charge is -2.11. The molecule has 0 bridgehead atoms. The lowest BCUT2D eigenvalue weighted by atomic mass is 10.2. The number of aromatic nitrogens is 2. The van der Waals surface area contributed by atoms with Crippen LogP contribution in [-0.4, -0.2) is 42.5 Å². The Balaban J connectivity index is 2.48.